The van der Waals surface area contributed by atoms with Gasteiger partial charge in [-0.3, -0.25) is 0 Å². The Balaban J connectivity index is 2.54. The molecule has 0 amide bonds. The van der Waals surface area contributed by atoms with Crippen LogP contribution in [0.1, 0.15) is 17.2 Å². The Morgan fingerprint density at radius 2 is 1.45 bits per heavy atom. The number of ether oxygens (including phenoxy) is 2. The first-order chi connectivity index (χ1) is 9.56. The molecule has 0 radical (unpaired) electrons. The number of halogens is 2. The predicted molar refractivity (Wildman–Crippen MR) is 71.9 cm³/mol. The molecule has 5 heteroatoms. The molecule has 0 bridgehead atoms. The van der Waals surface area contributed by atoms with E-state index in [1.165, 1.54) is 26.4 Å². The maximum Gasteiger partial charge on any atom is 0.127 e. The van der Waals surface area contributed by atoms with Gasteiger partial charge in [0.15, 0.2) is 0 Å². The Hall–Kier alpha value is -2.14. The summed E-state index contributed by atoms with van der Waals surface area (Å²) in [5.41, 5.74) is 6.97. The molecule has 0 spiro atoms. The zero-order valence-electron chi connectivity index (χ0n) is 11.2. The van der Waals surface area contributed by atoms with E-state index in [1.807, 2.05) is 0 Å². The zero-order chi connectivity index (χ0) is 14.7. The summed E-state index contributed by atoms with van der Waals surface area (Å²) in [6, 6.07) is 7.61. The topological polar surface area (TPSA) is 44.5 Å². The third-order valence-electron chi connectivity index (χ3n) is 3.02. The van der Waals surface area contributed by atoms with Crippen LogP contribution in [-0.4, -0.2) is 14.2 Å². The molecule has 0 saturated carbocycles. The highest BCUT2D eigenvalue weighted by atomic mass is 19.1. The van der Waals surface area contributed by atoms with Crippen molar-refractivity contribution in [1.29, 1.82) is 0 Å². The van der Waals surface area contributed by atoms with E-state index in [4.69, 9.17) is 15.2 Å². The molecule has 1 unspecified atom stereocenters. The Kier molecular flexibility index (Phi) is 4.20. The number of methoxy groups -OCH3 is 2. The van der Waals surface area contributed by atoms with Crippen LogP contribution in [0.25, 0.3) is 0 Å². The third kappa shape index (κ3) is 2.72. The molecule has 0 aromatic heterocycles. The van der Waals surface area contributed by atoms with Crippen LogP contribution >= 0.6 is 0 Å². The highest BCUT2D eigenvalue weighted by Crippen LogP contribution is 2.36. The van der Waals surface area contributed by atoms with Crippen molar-refractivity contribution in [2.45, 2.75) is 6.04 Å². The maximum atomic E-state index is 13.3. The van der Waals surface area contributed by atoms with Gasteiger partial charge in [0, 0.05) is 6.07 Å². The minimum atomic E-state index is -0.758. The fraction of sp³-hybridized carbons (Fsp3) is 0.200. The molecule has 2 rings (SSSR count). The van der Waals surface area contributed by atoms with Gasteiger partial charge in [0.05, 0.1) is 25.8 Å². The van der Waals surface area contributed by atoms with E-state index < -0.39 is 17.7 Å². The lowest BCUT2D eigenvalue weighted by Crippen LogP contribution is -2.15. The van der Waals surface area contributed by atoms with Crippen LogP contribution in [0.4, 0.5) is 8.78 Å². The molecule has 0 fully saturated rings. The summed E-state index contributed by atoms with van der Waals surface area (Å²) in [5.74, 6) is -0.350. The fourth-order valence-corrected chi connectivity index (χ4v) is 2.11. The number of hydrogen-bond donors (Lipinski definition) is 1. The Labute approximate surface area is 115 Å². The summed E-state index contributed by atoms with van der Waals surface area (Å²) in [5, 5.41) is 0. The summed E-state index contributed by atoms with van der Waals surface area (Å²) in [4.78, 5) is 0. The first kappa shape index (κ1) is 14.3. The van der Waals surface area contributed by atoms with Crippen molar-refractivity contribution in [3.63, 3.8) is 0 Å². The van der Waals surface area contributed by atoms with E-state index in [-0.39, 0.29) is 0 Å². The van der Waals surface area contributed by atoms with Crippen LogP contribution in [0.2, 0.25) is 0 Å². The van der Waals surface area contributed by atoms with Gasteiger partial charge in [0.1, 0.15) is 23.1 Å². The number of nitrogens with two attached hydrogens (primary N) is 1. The molecular weight excluding hydrogens is 264 g/mol. The van der Waals surface area contributed by atoms with Gasteiger partial charge in [0.25, 0.3) is 0 Å². The summed E-state index contributed by atoms with van der Waals surface area (Å²) in [6.07, 6.45) is 0. The summed E-state index contributed by atoms with van der Waals surface area (Å²) >= 11 is 0. The van der Waals surface area contributed by atoms with Gasteiger partial charge in [-0.15, -0.1) is 0 Å². The van der Waals surface area contributed by atoms with Gasteiger partial charge >= 0.3 is 0 Å². The predicted octanol–water partition coefficient (Wildman–Crippen LogP) is 3.03. The van der Waals surface area contributed by atoms with Crippen LogP contribution in [0.3, 0.4) is 0 Å². The van der Waals surface area contributed by atoms with Gasteiger partial charge in [-0.1, -0.05) is 6.07 Å². The van der Waals surface area contributed by atoms with Crippen LogP contribution in [-0.2, 0) is 0 Å². The van der Waals surface area contributed by atoms with Crippen molar-refractivity contribution < 1.29 is 18.3 Å². The minimum Gasteiger partial charge on any atom is -0.496 e. The maximum absolute atomic E-state index is 13.3. The largest absolute Gasteiger partial charge is 0.496 e. The molecule has 2 N–H and O–H groups in total. The Morgan fingerprint density at radius 1 is 0.950 bits per heavy atom. The lowest BCUT2D eigenvalue weighted by atomic mass is 9.97. The molecule has 20 heavy (non-hydrogen) atoms. The van der Waals surface area contributed by atoms with Gasteiger partial charge in [-0.2, -0.15) is 0 Å². The Morgan fingerprint density at radius 3 is 1.90 bits per heavy atom. The average Bonchev–Trinajstić information content (AvgIpc) is 2.44. The first-order valence-corrected chi connectivity index (χ1v) is 5.99. The van der Waals surface area contributed by atoms with E-state index in [2.05, 4.69) is 0 Å². The molecule has 0 aliphatic carbocycles. The summed E-state index contributed by atoms with van der Waals surface area (Å²) in [6.45, 7) is 0. The molecule has 2 aromatic rings. The number of benzene rings is 2. The summed E-state index contributed by atoms with van der Waals surface area (Å²) < 4.78 is 37.1. The second-order valence-electron chi connectivity index (χ2n) is 4.26. The van der Waals surface area contributed by atoms with Crippen LogP contribution < -0.4 is 15.2 Å². The lowest BCUT2D eigenvalue weighted by molar-refractivity contribution is 0.382. The first-order valence-electron chi connectivity index (χ1n) is 5.99. The van der Waals surface area contributed by atoms with Crippen LogP contribution in [0.5, 0.6) is 11.5 Å². The minimum absolute atomic E-state index is 0.310. The molecular formula is C15H15F2NO2. The molecule has 3 nitrogen and oxygen atoms in total. The molecule has 0 aliphatic rings. The second kappa shape index (κ2) is 5.88. The van der Waals surface area contributed by atoms with Gasteiger partial charge in [-0.05, 0) is 29.8 Å². The zero-order valence-corrected chi connectivity index (χ0v) is 11.2. The smallest absolute Gasteiger partial charge is 0.127 e. The molecule has 0 heterocycles. The van der Waals surface area contributed by atoms with Crippen molar-refractivity contribution in [2.24, 2.45) is 5.73 Å². The number of hydrogen-bond acceptors (Lipinski definition) is 3. The van der Waals surface area contributed by atoms with Crippen LogP contribution in [0.15, 0.2) is 36.4 Å². The fourth-order valence-electron chi connectivity index (χ4n) is 2.11. The highest BCUT2D eigenvalue weighted by Gasteiger charge is 2.20. The van der Waals surface area contributed by atoms with E-state index in [0.29, 0.717) is 22.6 Å². The van der Waals surface area contributed by atoms with Crippen molar-refractivity contribution >= 4 is 0 Å². The van der Waals surface area contributed by atoms with Gasteiger partial charge in [0.2, 0.25) is 0 Å². The second-order valence-corrected chi connectivity index (χ2v) is 4.26. The van der Waals surface area contributed by atoms with Crippen molar-refractivity contribution in [2.75, 3.05) is 14.2 Å². The van der Waals surface area contributed by atoms with Crippen molar-refractivity contribution in [3.8, 4) is 11.5 Å². The Bertz CT molecular complexity index is 574. The standard InChI is InChI=1S/C15H15F2NO2/c1-19-12-4-3-5-13(20-2)14(12)15(18)9-6-10(16)8-11(17)7-9/h3-8,15H,18H2,1-2H3. The van der Waals surface area contributed by atoms with Gasteiger partial charge in [-0.25, -0.2) is 8.78 Å². The van der Waals surface area contributed by atoms with E-state index >= 15 is 0 Å². The average molecular weight is 279 g/mol. The normalized spacial score (nSPS) is 12.1. The van der Waals surface area contributed by atoms with Gasteiger partial charge < -0.3 is 15.2 Å². The monoisotopic (exact) mass is 279 g/mol. The molecule has 106 valence electrons. The third-order valence-corrected chi connectivity index (χ3v) is 3.02. The molecule has 0 saturated heterocycles. The highest BCUT2D eigenvalue weighted by molar-refractivity contribution is 5.50. The molecule has 0 aliphatic heterocycles. The molecule has 2 aromatic carbocycles. The number of rotatable bonds is 4. The van der Waals surface area contributed by atoms with Crippen LogP contribution in [0, 0.1) is 11.6 Å². The van der Waals surface area contributed by atoms with Crippen molar-refractivity contribution in [3.05, 3.63) is 59.2 Å². The summed E-state index contributed by atoms with van der Waals surface area (Å²) in [7, 11) is 2.99. The van der Waals surface area contributed by atoms with E-state index in [1.54, 1.807) is 18.2 Å². The van der Waals surface area contributed by atoms with E-state index in [0.717, 1.165) is 6.07 Å². The molecule has 1 atom stereocenters. The van der Waals surface area contributed by atoms with E-state index in [9.17, 15) is 8.78 Å². The van der Waals surface area contributed by atoms with Crippen molar-refractivity contribution in [1.82, 2.24) is 0 Å². The SMILES string of the molecule is COc1cccc(OC)c1C(N)c1cc(F)cc(F)c1. The quantitative estimate of drug-likeness (QED) is 0.935. The lowest BCUT2D eigenvalue weighted by Gasteiger charge is -2.19.